The summed E-state index contributed by atoms with van der Waals surface area (Å²) in [5.41, 5.74) is 0.758. The molecular formula is C27H39N3O5. The standard InChI is InChI=1S/C27H39N3O5/c1-18(2)14-21(31)17-35-24-10-6-9-22-25(34-13-12-33-5)15-23(29-26(22)24)27(32)28-20-8-7-11-30(16-20)19(3)4/h6,9-10,15,18-20H,7-8,11-14,16-17H2,1-5H3,(H,28,32)/t20-/m1/s1. The van der Waals surface area contributed by atoms with Crippen LogP contribution in [0.15, 0.2) is 24.3 Å². The number of ether oxygens (including phenoxy) is 3. The average Bonchev–Trinajstić information content (AvgIpc) is 2.82. The number of pyridine rings is 1. The third kappa shape index (κ3) is 7.64. The topological polar surface area (TPSA) is 90.0 Å². The van der Waals surface area contributed by atoms with Gasteiger partial charge >= 0.3 is 0 Å². The molecule has 1 N–H and O–H groups in total. The highest BCUT2D eigenvalue weighted by Gasteiger charge is 2.24. The number of likely N-dealkylation sites (tertiary alicyclic amines) is 1. The van der Waals surface area contributed by atoms with Crippen LogP contribution >= 0.6 is 0 Å². The van der Waals surface area contributed by atoms with Gasteiger partial charge in [0.25, 0.3) is 5.91 Å². The van der Waals surface area contributed by atoms with Crippen molar-refractivity contribution in [1.82, 2.24) is 15.2 Å². The van der Waals surface area contributed by atoms with Crippen LogP contribution in [0.1, 0.15) is 57.4 Å². The van der Waals surface area contributed by atoms with E-state index in [1.807, 2.05) is 26.0 Å². The van der Waals surface area contributed by atoms with Crippen molar-refractivity contribution in [2.75, 3.05) is 40.0 Å². The lowest BCUT2D eigenvalue weighted by molar-refractivity contribution is -0.121. The molecule has 1 aliphatic rings. The zero-order valence-electron chi connectivity index (χ0n) is 21.6. The zero-order chi connectivity index (χ0) is 25.4. The van der Waals surface area contributed by atoms with Crippen LogP contribution in [-0.2, 0) is 9.53 Å². The summed E-state index contributed by atoms with van der Waals surface area (Å²) in [7, 11) is 1.61. The highest BCUT2D eigenvalue weighted by atomic mass is 16.5. The Morgan fingerprint density at radius 1 is 1.14 bits per heavy atom. The molecule has 1 aromatic heterocycles. The number of nitrogens with zero attached hydrogens (tertiary/aromatic N) is 2. The molecule has 35 heavy (non-hydrogen) atoms. The predicted molar refractivity (Wildman–Crippen MR) is 136 cm³/mol. The maximum absolute atomic E-state index is 13.2. The van der Waals surface area contributed by atoms with Gasteiger partial charge in [-0.25, -0.2) is 4.98 Å². The highest BCUT2D eigenvalue weighted by molar-refractivity contribution is 5.98. The van der Waals surface area contributed by atoms with Crippen LogP contribution < -0.4 is 14.8 Å². The second-order valence-electron chi connectivity index (χ2n) is 9.83. The molecule has 0 radical (unpaired) electrons. The van der Waals surface area contributed by atoms with Crippen molar-refractivity contribution >= 4 is 22.6 Å². The predicted octanol–water partition coefficient (Wildman–Crippen LogP) is 3.86. The molecule has 2 heterocycles. The molecule has 8 nitrogen and oxygen atoms in total. The summed E-state index contributed by atoms with van der Waals surface area (Å²) in [5.74, 6) is 1.02. The van der Waals surface area contributed by atoms with Crippen molar-refractivity contribution in [3.05, 3.63) is 30.0 Å². The van der Waals surface area contributed by atoms with Gasteiger partial charge in [0.2, 0.25) is 0 Å². The molecule has 1 amide bonds. The van der Waals surface area contributed by atoms with Crippen molar-refractivity contribution in [2.24, 2.45) is 5.92 Å². The molecule has 1 aliphatic heterocycles. The van der Waals surface area contributed by atoms with Crippen molar-refractivity contribution in [3.8, 4) is 11.5 Å². The molecule has 2 aromatic rings. The van der Waals surface area contributed by atoms with E-state index < -0.39 is 0 Å². The van der Waals surface area contributed by atoms with E-state index in [0.717, 1.165) is 31.3 Å². The van der Waals surface area contributed by atoms with Crippen LogP contribution in [-0.4, -0.2) is 73.7 Å². The first-order chi connectivity index (χ1) is 16.8. The van der Waals surface area contributed by atoms with Gasteiger partial charge in [-0.2, -0.15) is 0 Å². The van der Waals surface area contributed by atoms with E-state index in [-0.39, 0.29) is 36.0 Å². The quantitative estimate of drug-likeness (QED) is 0.457. The summed E-state index contributed by atoms with van der Waals surface area (Å²) < 4.78 is 16.9. The SMILES string of the molecule is COCCOc1cc(C(=O)N[C@@H]2CCCN(C(C)C)C2)nc2c(OCC(=O)CC(C)C)cccc12. The number of nitrogens with one attached hydrogen (secondary N) is 1. The fraction of sp³-hybridized carbons (Fsp3) is 0.593. The number of benzene rings is 1. The number of hydrogen-bond donors (Lipinski definition) is 1. The van der Waals surface area contributed by atoms with Gasteiger partial charge < -0.3 is 19.5 Å². The number of amides is 1. The number of piperidine rings is 1. The normalized spacial score (nSPS) is 16.6. The lowest BCUT2D eigenvalue weighted by Gasteiger charge is -2.35. The maximum Gasteiger partial charge on any atom is 0.270 e. The third-order valence-corrected chi connectivity index (χ3v) is 6.09. The van der Waals surface area contributed by atoms with E-state index in [1.54, 1.807) is 19.2 Å². The van der Waals surface area contributed by atoms with E-state index in [9.17, 15) is 9.59 Å². The number of para-hydroxylation sites is 1. The third-order valence-electron chi connectivity index (χ3n) is 6.09. The van der Waals surface area contributed by atoms with E-state index in [0.29, 0.717) is 42.7 Å². The van der Waals surface area contributed by atoms with Crippen molar-refractivity contribution < 1.29 is 23.8 Å². The highest BCUT2D eigenvalue weighted by Crippen LogP contribution is 2.32. The van der Waals surface area contributed by atoms with Gasteiger partial charge in [0.15, 0.2) is 5.78 Å². The summed E-state index contributed by atoms with van der Waals surface area (Å²) >= 11 is 0. The molecule has 0 unspecified atom stereocenters. The van der Waals surface area contributed by atoms with Crippen LogP contribution in [0.4, 0.5) is 0 Å². The fourth-order valence-electron chi connectivity index (χ4n) is 4.30. The van der Waals surface area contributed by atoms with Crippen LogP contribution in [0.5, 0.6) is 11.5 Å². The number of carbonyl (C=O) groups excluding carboxylic acids is 2. The maximum atomic E-state index is 13.2. The number of ketones is 1. The summed E-state index contributed by atoms with van der Waals surface area (Å²) in [5, 5.41) is 3.87. The Morgan fingerprint density at radius 2 is 1.94 bits per heavy atom. The molecule has 1 aromatic carbocycles. The Kier molecular flexibility index (Phi) is 9.86. The number of rotatable bonds is 12. The largest absolute Gasteiger partial charge is 0.490 e. The summed E-state index contributed by atoms with van der Waals surface area (Å²) in [6.45, 7) is 10.9. The number of methoxy groups -OCH3 is 1. The minimum absolute atomic E-state index is 0.0227. The van der Waals surface area contributed by atoms with Gasteiger partial charge in [-0.1, -0.05) is 19.9 Å². The smallest absolute Gasteiger partial charge is 0.270 e. The van der Waals surface area contributed by atoms with Crippen LogP contribution in [0.2, 0.25) is 0 Å². The van der Waals surface area contributed by atoms with Gasteiger partial charge in [-0.05, 0) is 51.3 Å². The Bertz CT molecular complexity index is 1010. The van der Waals surface area contributed by atoms with Crippen molar-refractivity contribution in [1.29, 1.82) is 0 Å². The Morgan fingerprint density at radius 3 is 2.66 bits per heavy atom. The van der Waals surface area contributed by atoms with E-state index in [4.69, 9.17) is 14.2 Å². The number of aromatic nitrogens is 1. The minimum Gasteiger partial charge on any atom is -0.490 e. The lowest BCUT2D eigenvalue weighted by atomic mass is 10.0. The van der Waals surface area contributed by atoms with Gasteiger partial charge in [-0.15, -0.1) is 0 Å². The first-order valence-electron chi connectivity index (χ1n) is 12.5. The van der Waals surface area contributed by atoms with Gasteiger partial charge in [0, 0.05) is 43.6 Å². The molecule has 1 fully saturated rings. The molecule has 0 saturated carbocycles. The van der Waals surface area contributed by atoms with Crippen LogP contribution in [0, 0.1) is 5.92 Å². The Labute approximate surface area is 208 Å². The minimum atomic E-state index is -0.246. The van der Waals surface area contributed by atoms with E-state index in [2.05, 4.69) is 29.0 Å². The molecule has 192 valence electrons. The Hall–Kier alpha value is -2.71. The van der Waals surface area contributed by atoms with E-state index >= 15 is 0 Å². The lowest BCUT2D eigenvalue weighted by Crippen LogP contribution is -2.49. The number of carbonyl (C=O) groups is 2. The summed E-state index contributed by atoms with van der Waals surface area (Å²) in [4.78, 5) is 32.5. The average molecular weight is 486 g/mol. The Balaban J connectivity index is 1.87. The van der Waals surface area contributed by atoms with Crippen LogP contribution in [0.3, 0.4) is 0 Å². The molecule has 0 spiro atoms. The summed E-state index contributed by atoms with van der Waals surface area (Å²) in [6, 6.07) is 7.64. The van der Waals surface area contributed by atoms with Crippen molar-refractivity contribution in [3.63, 3.8) is 0 Å². The molecule has 8 heteroatoms. The molecule has 1 saturated heterocycles. The molecular weight excluding hydrogens is 446 g/mol. The first-order valence-corrected chi connectivity index (χ1v) is 12.5. The zero-order valence-corrected chi connectivity index (χ0v) is 21.6. The van der Waals surface area contributed by atoms with E-state index in [1.165, 1.54) is 0 Å². The molecule has 1 atom stereocenters. The number of Topliss-reactive ketones (excluding diaryl/α,β-unsaturated/α-hetero) is 1. The molecule has 0 bridgehead atoms. The van der Waals surface area contributed by atoms with Crippen molar-refractivity contribution in [2.45, 2.75) is 59.0 Å². The van der Waals surface area contributed by atoms with Gasteiger partial charge in [0.1, 0.15) is 35.9 Å². The summed E-state index contributed by atoms with van der Waals surface area (Å²) in [6.07, 6.45) is 2.43. The first kappa shape index (κ1) is 26.9. The second-order valence-corrected chi connectivity index (χ2v) is 9.83. The number of fused-ring (bicyclic) bond motifs is 1. The second kappa shape index (κ2) is 12.8. The molecule has 0 aliphatic carbocycles. The fourth-order valence-corrected chi connectivity index (χ4v) is 4.30. The van der Waals surface area contributed by atoms with Gasteiger partial charge in [-0.3, -0.25) is 14.5 Å². The number of hydrogen-bond acceptors (Lipinski definition) is 7. The van der Waals surface area contributed by atoms with Gasteiger partial charge in [0.05, 0.1) is 6.61 Å². The monoisotopic (exact) mass is 485 g/mol. The van der Waals surface area contributed by atoms with Crippen LogP contribution in [0.25, 0.3) is 10.9 Å². The molecule has 3 rings (SSSR count).